The van der Waals surface area contributed by atoms with Gasteiger partial charge in [0.1, 0.15) is 11.3 Å². The highest BCUT2D eigenvalue weighted by Crippen LogP contribution is 2.20. The number of hydrogen-bond donors (Lipinski definition) is 1. The van der Waals surface area contributed by atoms with E-state index in [4.69, 9.17) is 9.15 Å². The van der Waals surface area contributed by atoms with E-state index in [1.54, 1.807) is 31.2 Å². The lowest BCUT2D eigenvalue weighted by atomic mass is 9.90. The van der Waals surface area contributed by atoms with E-state index in [1.165, 1.54) is 6.39 Å². The molecular formula is C16H18N4O3. The van der Waals surface area contributed by atoms with Gasteiger partial charge in [-0.25, -0.2) is 0 Å². The summed E-state index contributed by atoms with van der Waals surface area (Å²) in [7, 11) is 0. The Bertz CT molecular complexity index is 689. The Morgan fingerprint density at radius 2 is 2.13 bits per heavy atom. The van der Waals surface area contributed by atoms with Gasteiger partial charge in [0, 0.05) is 5.56 Å². The molecule has 7 nitrogen and oxygen atoms in total. The molecule has 23 heavy (non-hydrogen) atoms. The van der Waals surface area contributed by atoms with Crippen molar-refractivity contribution in [2.75, 3.05) is 6.61 Å². The third kappa shape index (κ3) is 4.07. The summed E-state index contributed by atoms with van der Waals surface area (Å²) in [5.74, 6) is 0.594. The lowest BCUT2D eigenvalue weighted by Gasteiger charge is -2.27. The van der Waals surface area contributed by atoms with E-state index >= 15 is 0 Å². The van der Waals surface area contributed by atoms with Gasteiger partial charge < -0.3 is 14.5 Å². The van der Waals surface area contributed by atoms with Crippen molar-refractivity contribution >= 4 is 5.91 Å². The maximum atomic E-state index is 11.9. The van der Waals surface area contributed by atoms with Crippen LogP contribution in [-0.4, -0.2) is 28.3 Å². The molecule has 1 aromatic heterocycles. The van der Waals surface area contributed by atoms with E-state index in [-0.39, 0.29) is 18.4 Å². The molecule has 0 spiro atoms. The highest BCUT2D eigenvalue weighted by molar-refractivity contribution is 5.78. The van der Waals surface area contributed by atoms with Crippen LogP contribution in [-0.2, 0) is 4.79 Å². The van der Waals surface area contributed by atoms with E-state index in [1.807, 2.05) is 13.8 Å². The van der Waals surface area contributed by atoms with E-state index in [2.05, 4.69) is 21.6 Å². The van der Waals surface area contributed by atoms with Gasteiger partial charge in [-0.1, -0.05) is 13.8 Å². The van der Waals surface area contributed by atoms with Gasteiger partial charge in [0.15, 0.2) is 6.61 Å². The standard InChI is InChI=1S/C16H18N4O3/c1-11(2)16(3,9-17)19-14(21)8-22-13-6-4-12(5-7-13)15-20-18-10-23-15/h4-7,10-11H,8H2,1-3H3,(H,19,21)/t16-/m1/s1. The van der Waals surface area contributed by atoms with Gasteiger partial charge in [-0.05, 0) is 37.1 Å². The lowest BCUT2D eigenvalue weighted by Crippen LogP contribution is -2.50. The molecule has 2 aromatic rings. The van der Waals surface area contributed by atoms with Crippen molar-refractivity contribution in [2.24, 2.45) is 5.92 Å². The summed E-state index contributed by atoms with van der Waals surface area (Å²) in [5, 5.41) is 19.3. The zero-order valence-electron chi connectivity index (χ0n) is 13.2. The lowest BCUT2D eigenvalue weighted by molar-refractivity contribution is -0.124. The van der Waals surface area contributed by atoms with Gasteiger partial charge in [-0.2, -0.15) is 5.26 Å². The molecule has 1 amide bonds. The largest absolute Gasteiger partial charge is 0.484 e. The van der Waals surface area contributed by atoms with Crippen LogP contribution >= 0.6 is 0 Å². The number of rotatable bonds is 6. The fourth-order valence-electron chi connectivity index (χ4n) is 1.77. The van der Waals surface area contributed by atoms with Crippen LogP contribution in [0.1, 0.15) is 20.8 Å². The first-order valence-corrected chi connectivity index (χ1v) is 7.16. The third-order valence-corrected chi connectivity index (χ3v) is 3.62. The van der Waals surface area contributed by atoms with Crippen LogP contribution in [0, 0.1) is 17.2 Å². The first-order valence-electron chi connectivity index (χ1n) is 7.16. The molecule has 0 radical (unpaired) electrons. The topological polar surface area (TPSA) is 101 Å². The van der Waals surface area contributed by atoms with Crippen molar-refractivity contribution < 1.29 is 13.9 Å². The Morgan fingerprint density at radius 1 is 1.43 bits per heavy atom. The predicted molar refractivity (Wildman–Crippen MR) is 82.2 cm³/mol. The predicted octanol–water partition coefficient (Wildman–Crippen LogP) is 2.17. The minimum atomic E-state index is -0.914. The zero-order valence-corrected chi connectivity index (χ0v) is 13.2. The molecule has 7 heteroatoms. The number of nitriles is 1. The summed E-state index contributed by atoms with van der Waals surface area (Å²) >= 11 is 0. The summed E-state index contributed by atoms with van der Waals surface area (Å²) in [4.78, 5) is 11.9. The van der Waals surface area contributed by atoms with Crippen molar-refractivity contribution in [2.45, 2.75) is 26.3 Å². The molecule has 1 heterocycles. The van der Waals surface area contributed by atoms with E-state index in [9.17, 15) is 10.1 Å². The number of hydrogen-bond acceptors (Lipinski definition) is 6. The maximum absolute atomic E-state index is 11.9. The smallest absolute Gasteiger partial charge is 0.259 e. The molecule has 1 atom stereocenters. The van der Waals surface area contributed by atoms with Crippen molar-refractivity contribution in [3.05, 3.63) is 30.7 Å². The molecule has 1 aromatic carbocycles. The van der Waals surface area contributed by atoms with Crippen molar-refractivity contribution in [1.29, 1.82) is 5.26 Å². The fourth-order valence-corrected chi connectivity index (χ4v) is 1.77. The van der Waals surface area contributed by atoms with Crippen LogP contribution in [0.4, 0.5) is 0 Å². The molecule has 0 aliphatic heterocycles. The molecule has 0 unspecified atom stereocenters. The Labute approximate surface area is 134 Å². The van der Waals surface area contributed by atoms with E-state index < -0.39 is 5.54 Å². The molecular weight excluding hydrogens is 296 g/mol. The molecule has 1 N–H and O–H groups in total. The molecule has 120 valence electrons. The Hall–Kier alpha value is -2.88. The normalized spacial score (nSPS) is 13.2. The van der Waals surface area contributed by atoms with Gasteiger partial charge in [0.25, 0.3) is 5.91 Å². The van der Waals surface area contributed by atoms with Gasteiger partial charge >= 0.3 is 0 Å². The number of carbonyl (C=O) groups excluding carboxylic acids is 1. The number of amides is 1. The number of benzene rings is 1. The molecule has 0 bridgehead atoms. The van der Waals surface area contributed by atoms with Crippen LogP contribution in [0.15, 0.2) is 35.1 Å². The second-order valence-electron chi connectivity index (χ2n) is 5.57. The van der Waals surface area contributed by atoms with Gasteiger partial charge in [-0.3, -0.25) is 4.79 Å². The first-order chi connectivity index (χ1) is 10.9. The minimum absolute atomic E-state index is 0.00913. The van der Waals surface area contributed by atoms with Crippen molar-refractivity contribution in [1.82, 2.24) is 15.5 Å². The summed E-state index contributed by atoms with van der Waals surface area (Å²) in [5.41, 5.74) is -0.154. The Balaban J connectivity index is 1.91. The quantitative estimate of drug-likeness (QED) is 0.877. The Morgan fingerprint density at radius 3 is 2.65 bits per heavy atom. The highest BCUT2D eigenvalue weighted by Gasteiger charge is 2.29. The average molecular weight is 314 g/mol. The minimum Gasteiger partial charge on any atom is -0.484 e. The number of nitrogens with one attached hydrogen (secondary N) is 1. The summed E-state index contributed by atoms with van der Waals surface area (Å²) in [6.07, 6.45) is 1.25. The van der Waals surface area contributed by atoms with E-state index in [0.717, 1.165) is 5.56 Å². The zero-order chi connectivity index (χ0) is 16.9. The fraction of sp³-hybridized carbons (Fsp3) is 0.375. The second-order valence-corrected chi connectivity index (χ2v) is 5.57. The van der Waals surface area contributed by atoms with Crippen LogP contribution in [0.2, 0.25) is 0 Å². The van der Waals surface area contributed by atoms with Gasteiger partial charge in [0.05, 0.1) is 6.07 Å². The molecule has 0 aliphatic rings. The number of aromatic nitrogens is 2. The van der Waals surface area contributed by atoms with Crippen LogP contribution < -0.4 is 10.1 Å². The van der Waals surface area contributed by atoms with Crippen LogP contribution in [0.25, 0.3) is 11.5 Å². The maximum Gasteiger partial charge on any atom is 0.259 e. The van der Waals surface area contributed by atoms with Crippen molar-refractivity contribution in [3.63, 3.8) is 0 Å². The summed E-state index contributed by atoms with van der Waals surface area (Å²) < 4.78 is 10.5. The molecule has 0 fully saturated rings. The molecule has 0 saturated carbocycles. The summed E-state index contributed by atoms with van der Waals surface area (Å²) in [6, 6.07) is 9.05. The monoisotopic (exact) mass is 314 g/mol. The molecule has 2 rings (SSSR count). The number of carbonyl (C=O) groups is 1. The molecule has 0 aliphatic carbocycles. The number of ether oxygens (including phenoxy) is 1. The SMILES string of the molecule is CC(C)[C@@](C)(C#N)NC(=O)COc1ccc(-c2nnco2)cc1. The first kappa shape index (κ1) is 16.5. The van der Waals surface area contributed by atoms with E-state index in [0.29, 0.717) is 11.6 Å². The van der Waals surface area contributed by atoms with Crippen molar-refractivity contribution in [3.8, 4) is 23.3 Å². The number of nitrogens with zero attached hydrogens (tertiary/aromatic N) is 3. The molecule has 0 saturated heterocycles. The van der Waals surface area contributed by atoms with Gasteiger partial charge in [0.2, 0.25) is 12.3 Å². The highest BCUT2D eigenvalue weighted by atomic mass is 16.5. The Kier molecular flexibility index (Phi) is 4.96. The second kappa shape index (κ2) is 6.92. The average Bonchev–Trinajstić information content (AvgIpc) is 3.07. The van der Waals surface area contributed by atoms with Crippen LogP contribution in [0.3, 0.4) is 0 Å². The summed E-state index contributed by atoms with van der Waals surface area (Å²) in [6.45, 7) is 5.28. The van der Waals surface area contributed by atoms with Crippen LogP contribution in [0.5, 0.6) is 5.75 Å². The van der Waals surface area contributed by atoms with Gasteiger partial charge in [-0.15, -0.1) is 10.2 Å². The third-order valence-electron chi connectivity index (χ3n) is 3.62.